The summed E-state index contributed by atoms with van der Waals surface area (Å²) >= 11 is 6.39. The standard InChI is InChI=1S/C25H34ClN5O3/c1-25(2,3)34-24(32)31-18-5-6-19(31)13-17(12-18)28-23-20-7-4-16(15-30-8-10-33-11-9-30)27-21(20)14-22(26)29-23/h4,7,14,17-19H,5-6,8-13,15H2,1-3H3,(H,28,29)/t17-,18+,19-. The molecule has 0 unspecified atom stereocenters. The summed E-state index contributed by atoms with van der Waals surface area (Å²) < 4.78 is 11.1. The number of carbonyl (C=O) groups is 1. The Morgan fingerprint density at radius 3 is 2.56 bits per heavy atom. The number of morpholine rings is 1. The van der Waals surface area contributed by atoms with E-state index in [0.717, 1.165) is 80.9 Å². The van der Waals surface area contributed by atoms with Crippen LogP contribution in [0.1, 0.15) is 52.1 Å². The van der Waals surface area contributed by atoms with Crippen LogP contribution in [-0.4, -0.2) is 75.9 Å². The van der Waals surface area contributed by atoms with E-state index in [9.17, 15) is 4.79 Å². The SMILES string of the molecule is CC(C)(C)OC(=O)N1[C@@H]2CC[C@H]1C[C@@H](Nc1nc(Cl)cc3nc(CN4CCOCC4)ccc13)C2. The average molecular weight is 488 g/mol. The van der Waals surface area contributed by atoms with E-state index in [4.69, 9.17) is 26.1 Å². The number of ether oxygens (including phenoxy) is 2. The van der Waals surface area contributed by atoms with Gasteiger partial charge in [-0.3, -0.25) is 9.88 Å². The molecule has 8 nitrogen and oxygen atoms in total. The van der Waals surface area contributed by atoms with E-state index in [-0.39, 0.29) is 24.2 Å². The van der Waals surface area contributed by atoms with Crippen molar-refractivity contribution in [1.29, 1.82) is 0 Å². The van der Waals surface area contributed by atoms with Crippen molar-refractivity contribution in [1.82, 2.24) is 19.8 Å². The number of nitrogens with one attached hydrogen (secondary N) is 1. The number of anilines is 1. The van der Waals surface area contributed by atoms with Gasteiger partial charge in [0.25, 0.3) is 0 Å². The Morgan fingerprint density at radius 2 is 1.88 bits per heavy atom. The van der Waals surface area contributed by atoms with E-state index in [0.29, 0.717) is 5.15 Å². The van der Waals surface area contributed by atoms with Gasteiger partial charge in [-0.25, -0.2) is 9.78 Å². The van der Waals surface area contributed by atoms with E-state index >= 15 is 0 Å². The Morgan fingerprint density at radius 1 is 1.18 bits per heavy atom. The highest BCUT2D eigenvalue weighted by molar-refractivity contribution is 6.30. The number of hydrogen-bond donors (Lipinski definition) is 1. The normalized spacial score (nSPS) is 25.5. The maximum Gasteiger partial charge on any atom is 0.410 e. The van der Waals surface area contributed by atoms with Crippen LogP contribution in [0.2, 0.25) is 5.15 Å². The minimum atomic E-state index is -0.483. The van der Waals surface area contributed by atoms with Gasteiger partial charge in [-0.15, -0.1) is 0 Å². The molecule has 3 atom stereocenters. The molecule has 2 bridgehead atoms. The maximum absolute atomic E-state index is 12.8. The minimum absolute atomic E-state index is 0.190. The maximum atomic E-state index is 12.8. The van der Waals surface area contributed by atoms with E-state index in [1.54, 1.807) is 0 Å². The average Bonchev–Trinajstić information content (AvgIpc) is 3.04. The molecule has 0 aromatic carbocycles. The Labute approximate surface area is 206 Å². The molecular formula is C25H34ClN5O3. The van der Waals surface area contributed by atoms with Gasteiger partial charge in [0.2, 0.25) is 0 Å². The van der Waals surface area contributed by atoms with E-state index in [1.807, 2.05) is 31.7 Å². The monoisotopic (exact) mass is 487 g/mol. The lowest BCUT2D eigenvalue weighted by atomic mass is 9.97. The molecule has 2 aromatic rings. The third-order valence-corrected chi connectivity index (χ3v) is 7.07. The first-order valence-electron chi connectivity index (χ1n) is 12.3. The molecule has 5 rings (SSSR count). The molecule has 2 aromatic heterocycles. The van der Waals surface area contributed by atoms with Crippen molar-refractivity contribution >= 4 is 34.4 Å². The highest BCUT2D eigenvalue weighted by Gasteiger charge is 2.45. The highest BCUT2D eigenvalue weighted by Crippen LogP contribution is 2.38. The van der Waals surface area contributed by atoms with Crippen molar-refractivity contribution in [3.05, 3.63) is 29.0 Å². The van der Waals surface area contributed by atoms with Gasteiger partial charge in [0, 0.05) is 49.2 Å². The van der Waals surface area contributed by atoms with Crippen LogP contribution in [0, 0.1) is 0 Å². The number of fused-ring (bicyclic) bond motifs is 3. The van der Waals surface area contributed by atoms with Gasteiger partial charge in [-0.05, 0) is 58.6 Å². The number of halogens is 1. The number of hydrogen-bond acceptors (Lipinski definition) is 7. The summed E-state index contributed by atoms with van der Waals surface area (Å²) in [6.45, 7) is 9.93. The number of carbonyl (C=O) groups excluding carboxylic acids is 1. The third kappa shape index (κ3) is 5.24. The molecule has 1 amide bonds. The molecule has 3 fully saturated rings. The van der Waals surface area contributed by atoms with E-state index in [2.05, 4.69) is 27.3 Å². The number of nitrogens with zero attached hydrogens (tertiary/aromatic N) is 4. The summed E-state index contributed by atoms with van der Waals surface area (Å²) in [4.78, 5) is 26.6. The van der Waals surface area contributed by atoms with Crippen LogP contribution in [0.4, 0.5) is 10.6 Å². The Balaban J connectivity index is 1.30. The molecule has 0 saturated carbocycles. The fourth-order valence-electron chi connectivity index (χ4n) is 5.43. The second-order valence-electron chi connectivity index (χ2n) is 10.6. The van der Waals surface area contributed by atoms with E-state index in [1.165, 1.54) is 0 Å². The van der Waals surface area contributed by atoms with Crippen LogP contribution in [-0.2, 0) is 16.0 Å². The number of amides is 1. The molecule has 0 radical (unpaired) electrons. The summed E-state index contributed by atoms with van der Waals surface area (Å²) in [6.07, 6.45) is 3.57. The zero-order chi connectivity index (χ0) is 23.9. The highest BCUT2D eigenvalue weighted by atomic mass is 35.5. The summed E-state index contributed by atoms with van der Waals surface area (Å²) in [5, 5.41) is 5.03. The van der Waals surface area contributed by atoms with Crippen LogP contribution in [0.3, 0.4) is 0 Å². The molecule has 5 heterocycles. The number of rotatable bonds is 4. The molecule has 1 N–H and O–H groups in total. The van der Waals surface area contributed by atoms with Crippen molar-refractivity contribution in [2.24, 2.45) is 0 Å². The molecule has 0 aliphatic carbocycles. The fourth-order valence-corrected chi connectivity index (χ4v) is 5.61. The first kappa shape index (κ1) is 23.6. The topological polar surface area (TPSA) is 79.8 Å². The van der Waals surface area contributed by atoms with Crippen molar-refractivity contribution in [2.75, 3.05) is 31.6 Å². The molecule has 9 heteroatoms. The van der Waals surface area contributed by atoms with Crippen LogP contribution in [0.25, 0.3) is 10.9 Å². The van der Waals surface area contributed by atoms with Crippen molar-refractivity contribution < 1.29 is 14.3 Å². The zero-order valence-electron chi connectivity index (χ0n) is 20.2. The third-order valence-electron chi connectivity index (χ3n) is 6.88. The van der Waals surface area contributed by atoms with Crippen LogP contribution in [0.15, 0.2) is 18.2 Å². The van der Waals surface area contributed by atoms with Crippen LogP contribution >= 0.6 is 11.6 Å². The van der Waals surface area contributed by atoms with Crippen molar-refractivity contribution in [2.45, 2.75) is 76.7 Å². The molecule has 34 heavy (non-hydrogen) atoms. The van der Waals surface area contributed by atoms with Crippen LogP contribution < -0.4 is 5.32 Å². The fraction of sp³-hybridized carbons (Fsp3) is 0.640. The first-order valence-corrected chi connectivity index (χ1v) is 12.7. The van der Waals surface area contributed by atoms with Crippen molar-refractivity contribution in [3.63, 3.8) is 0 Å². The molecular weight excluding hydrogens is 454 g/mol. The van der Waals surface area contributed by atoms with E-state index < -0.39 is 5.60 Å². The minimum Gasteiger partial charge on any atom is -0.444 e. The van der Waals surface area contributed by atoms with Gasteiger partial charge >= 0.3 is 6.09 Å². The van der Waals surface area contributed by atoms with Gasteiger partial charge < -0.3 is 19.7 Å². The van der Waals surface area contributed by atoms with Crippen LogP contribution in [0.5, 0.6) is 0 Å². The van der Waals surface area contributed by atoms with Gasteiger partial charge in [0.05, 0.1) is 24.4 Å². The quantitative estimate of drug-likeness (QED) is 0.638. The second kappa shape index (κ2) is 9.47. The predicted octanol–water partition coefficient (Wildman–Crippen LogP) is 4.46. The lowest BCUT2D eigenvalue weighted by Gasteiger charge is -2.39. The molecule has 3 aliphatic rings. The molecule has 184 valence electrons. The lowest BCUT2D eigenvalue weighted by molar-refractivity contribution is 0.00683. The summed E-state index contributed by atoms with van der Waals surface area (Å²) in [5.41, 5.74) is 1.39. The van der Waals surface area contributed by atoms with Crippen molar-refractivity contribution in [3.8, 4) is 0 Å². The summed E-state index contributed by atoms with van der Waals surface area (Å²) in [6, 6.07) is 6.60. The van der Waals surface area contributed by atoms with Gasteiger partial charge in [-0.1, -0.05) is 11.6 Å². The smallest absolute Gasteiger partial charge is 0.410 e. The summed E-state index contributed by atoms with van der Waals surface area (Å²) in [7, 11) is 0. The first-order chi connectivity index (χ1) is 16.2. The van der Waals surface area contributed by atoms with Gasteiger partial charge in [-0.2, -0.15) is 0 Å². The Hall–Kier alpha value is -2.16. The molecule has 0 spiro atoms. The lowest BCUT2D eigenvalue weighted by Crippen LogP contribution is -2.51. The molecule has 3 aliphatic heterocycles. The Kier molecular flexibility index (Phi) is 6.57. The largest absolute Gasteiger partial charge is 0.444 e. The van der Waals surface area contributed by atoms with Gasteiger partial charge in [0.15, 0.2) is 0 Å². The number of pyridine rings is 2. The number of aromatic nitrogens is 2. The summed E-state index contributed by atoms with van der Waals surface area (Å²) in [5.74, 6) is 0.767. The zero-order valence-corrected chi connectivity index (χ0v) is 21.0. The van der Waals surface area contributed by atoms with Gasteiger partial charge in [0.1, 0.15) is 16.6 Å². The Bertz CT molecular complexity index is 1040. The second-order valence-corrected chi connectivity index (χ2v) is 11.0. The predicted molar refractivity (Wildman–Crippen MR) is 132 cm³/mol. The number of piperidine rings is 1. The molecule has 3 saturated heterocycles.